The third-order valence-electron chi connectivity index (χ3n) is 3.59. The van der Waals surface area contributed by atoms with Crippen LogP contribution in [-0.4, -0.2) is 12.6 Å². The van der Waals surface area contributed by atoms with E-state index in [1.807, 2.05) is 6.07 Å². The van der Waals surface area contributed by atoms with E-state index in [2.05, 4.69) is 0 Å². The lowest BCUT2D eigenvalue weighted by atomic mass is 9.82. The van der Waals surface area contributed by atoms with Gasteiger partial charge in [-0.1, -0.05) is 13.0 Å². The van der Waals surface area contributed by atoms with E-state index in [9.17, 15) is 18.8 Å². The van der Waals surface area contributed by atoms with Gasteiger partial charge in [0.15, 0.2) is 11.6 Å². The van der Waals surface area contributed by atoms with Crippen LogP contribution in [0.2, 0.25) is 0 Å². The molecule has 1 aliphatic rings. The van der Waals surface area contributed by atoms with Crippen LogP contribution in [0.4, 0.5) is 8.78 Å². The number of hydrogen-bond donors (Lipinski definition) is 1. The zero-order chi connectivity index (χ0) is 17.9. The molecule has 1 atom stereocenters. The van der Waals surface area contributed by atoms with Crippen LogP contribution >= 0.6 is 0 Å². The Morgan fingerprint density at radius 3 is 2.62 bits per heavy atom. The number of benzene rings is 1. The van der Waals surface area contributed by atoms with E-state index in [-0.39, 0.29) is 35.0 Å². The van der Waals surface area contributed by atoms with Crippen LogP contribution in [0.15, 0.2) is 41.0 Å². The van der Waals surface area contributed by atoms with Crippen LogP contribution in [0.5, 0.6) is 0 Å². The van der Waals surface area contributed by atoms with Gasteiger partial charge in [-0.25, -0.2) is 13.6 Å². The number of nitriles is 1. The van der Waals surface area contributed by atoms with Gasteiger partial charge >= 0.3 is 5.97 Å². The average Bonchev–Trinajstić information content (AvgIpc) is 2.56. The maximum Gasteiger partial charge on any atom is 0.338 e. The van der Waals surface area contributed by atoms with Crippen molar-refractivity contribution in [3.63, 3.8) is 0 Å². The Bertz CT molecular complexity index is 779. The fourth-order valence-electron chi connectivity index (χ4n) is 2.54. The molecule has 0 fully saturated rings. The molecule has 2 N–H and O–H groups in total. The van der Waals surface area contributed by atoms with Crippen molar-refractivity contribution < 1.29 is 23.0 Å². The molecular formula is C17H16F2N2O3. The van der Waals surface area contributed by atoms with Crippen molar-refractivity contribution in [2.45, 2.75) is 26.2 Å². The van der Waals surface area contributed by atoms with Crippen LogP contribution in [0.3, 0.4) is 0 Å². The van der Waals surface area contributed by atoms with E-state index in [0.717, 1.165) is 12.1 Å². The first kappa shape index (κ1) is 17.5. The van der Waals surface area contributed by atoms with Gasteiger partial charge in [0.05, 0.1) is 18.1 Å². The number of halogens is 2. The summed E-state index contributed by atoms with van der Waals surface area (Å²) in [6, 6.07) is 5.04. The molecule has 0 bridgehead atoms. The highest BCUT2D eigenvalue weighted by Crippen LogP contribution is 2.40. The molecule has 1 heterocycles. The van der Waals surface area contributed by atoms with Gasteiger partial charge in [-0.05, 0) is 24.6 Å². The highest BCUT2D eigenvalue weighted by Gasteiger charge is 2.37. The first-order valence-corrected chi connectivity index (χ1v) is 7.37. The predicted octanol–water partition coefficient (Wildman–Crippen LogP) is 3.00. The van der Waals surface area contributed by atoms with Crippen LogP contribution in [0, 0.1) is 23.0 Å². The Hall–Kier alpha value is -2.88. The van der Waals surface area contributed by atoms with Crippen LogP contribution in [0.25, 0.3) is 0 Å². The van der Waals surface area contributed by atoms with Crippen LogP contribution in [0.1, 0.15) is 31.7 Å². The number of rotatable bonds is 4. The molecule has 0 aromatic heterocycles. The fourth-order valence-corrected chi connectivity index (χ4v) is 2.54. The van der Waals surface area contributed by atoms with Crippen molar-refractivity contribution in [3.05, 3.63) is 58.2 Å². The van der Waals surface area contributed by atoms with Crippen molar-refractivity contribution >= 4 is 5.97 Å². The van der Waals surface area contributed by atoms with Crippen molar-refractivity contribution in [2.75, 3.05) is 6.61 Å². The number of ether oxygens (including phenoxy) is 2. The van der Waals surface area contributed by atoms with Crippen LogP contribution < -0.4 is 5.73 Å². The second kappa shape index (κ2) is 7.13. The third-order valence-corrected chi connectivity index (χ3v) is 3.59. The maximum atomic E-state index is 13.6. The summed E-state index contributed by atoms with van der Waals surface area (Å²) in [4.78, 5) is 12.4. The Labute approximate surface area is 138 Å². The van der Waals surface area contributed by atoms with Crippen molar-refractivity contribution in [1.29, 1.82) is 5.26 Å². The molecule has 1 aliphatic heterocycles. The van der Waals surface area contributed by atoms with E-state index in [4.69, 9.17) is 15.2 Å². The molecule has 1 aromatic rings. The van der Waals surface area contributed by atoms with Gasteiger partial charge in [0.2, 0.25) is 5.88 Å². The highest BCUT2D eigenvalue weighted by atomic mass is 19.2. The Morgan fingerprint density at radius 1 is 1.38 bits per heavy atom. The Kier molecular flexibility index (Phi) is 5.19. The first-order valence-electron chi connectivity index (χ1n) is 7.37. The summed E-state index contributed by atoms with van der Waals surface area (Å²) in [7, 11) is 0. The minimum atomic E-state index is -1.09. The van der Waals surface area contributed by atoms with Gasteiger partial charge in [0, 0.05) is 6.42 Å². The summed E-state index contributed by atoms with van der Waals surface area (Å²) < 4.78 is 37.3. The Morgan fingerprint density at radius 2 is 2.08 bits per heavy atom. The number of hydrogen-bond acceptors (Lipinski definition) is 5. The minimum Gasteiger partial charge on any atom is -0.463 e. The number of carbonyl (C=O) groups is 1. The molecule has 0 amide bonds. The summed E-state index contributed by atoms with van der Waals surface area (Å²) in [6.07, 6.45) is 0.313. The number of nitrogens with zero attached hydrogens (tertiary/aromatic N) is 1. The maximum absolute atomic E-state index is 13.6. The molecule has 126 valence electrons. The molecule has 0 radical (unpaired) electrons. The van der Waals surface area contributed by atoms with Crippen molar-refractivity contribution in [2.24, 2.45) is 5.73 Å². The second-order valence-corrected chi connectivity index (χ2v) is 5.01. The van der Waals surface area contributed by atoms with E-state index in [1.54, 1.807) is 13.8 Å². The standard InChI is InChI=1S/C17H16F2N2O3/c1-3-13-15(17(22)23-4-2)14(10(8-20)16(21)24-13)9-5-6-11(18)12(19)7-9/h5-7,14H,3-4,21H2,1-2H3/t14-/m1/s1. The van der Waals surface area contributed by atoms with E-state index >= 15 is 0 Å². The van der Waals surface area contributed by atoms with Gasteiger partial charge in [-0.3, -0.25) is 0 Å². The summed E-state index contributed by atoms with van der Waals surface area (Å²) in [6.45, 7) is 3.49. The van der Waals surface area contributed by atoms with Crippen molar-refractivity contribution in [3.8, 4) is 6.07 Å². The number of nitrogens with two attached hydrogens (primary N) is 1. The fraction of sp³-hybridized carbons (Fsp3) is 0.294. The van der Waals surface area contributed by atoms with E-state index in [1.165, 1.54) is 6.07 Å². The third kappa shape index (κ3) is 3.08. The second-order valence-electron chi connectivity index (χ2n) is 5.01. The topological polar surface area (TPSA) is 85.3 Å². The molecule has 0 saturated carbocycles. The zero-order valence-corrected chi connectivity index (χ0v) is 13.2. The van der Waals surface area contributed by atoms with Crippen LogP contribution in [-0.2, 0) is 14.3 Å². The molecular weight excluding hydrogens is 318 g/mol. The molecule has 0 unspecified atom stereocenters. The predicted molar refractivity (Wildman–Crippen MR) is 81.0 cm³/mol. The Balaban J connectivity index is 2.68. The quantitative estimate of drug-likeness (QED) is 0.856. The monoisotopic (exact) mass is 334 g/mol. The SMILES string of the molecule is CCOC(=O)C1=C(CC)OC(N)=C(C#N)[C@H]1c1ccc(F)c(F)c1. The molecule has 0 spiro atoms. The average molecular weight is 334 g/mol. The molecule has 5 nitrogen and oxygen atoms in total. The molecule has 0 saturated heterocycles. The summed E-state index contributed by atoms with van der Waals surface area (Å²) >= 11 is 0. The lowest BCUT2D eigenvalue weighted by molar-refractivity contribution is -0.139. The normalized spacial score (nSPS) is 17.4. The number of allylic oxidation sites excluding steroid dienone is 2. The lowest BCUT2D eigenvalue weighted by Crippen LogP contribution is -2.26. The molecule has 2 rings (SSSR count). The number of carbonyl (C=O) groups excluding carboxylic acids is 1. The largest absolute Gasteiger partial charge is 0.463 e. The van der Waals surface area contributed by atoms with E-state index in [0.29, 0.717) is 6.42 Å². The summed E-state index contributed by atoms with van der Waals surface area (Å²) in [5.74, 6) is -3.72. The first-order chi connectivity index (χ1) is 11.4. The van der Waals surface area contributed by atoms with Gasteiger partial charge in [-0.2, -0.15) is 5.26 Å². The highest BCUT2D eigenvalue weighted by molar-refractivity contribution is 5.92. The van der Waals surface area contributed by atoms with Gasteiger partial charge < -0.3 is 15.2 Å². The molecule has 0 aliphatic carbocycles. The lowest BCUT2D eigenvalue weighted by Gasteiger charge is -2.27. The molecule has 24 heavy (non-hydrogen) atoms. The minimum absolute atomic E-state index is 0.0544. The summed E-state index contributed by atoms with van der Waals surface area (Å²) in [5.41, 5.74) is 5.99. The van der Waals surface area contributed by atoms with Gasteiger partial charge in [0.1, 0.15) is 17.4 Å². The number of esters is 1. The van der Waals surface area contributed by atoms with E-state index < -0.39 is 23.5 Å². The van der Waals surface area contributed by atoms with Crippen molar-refractivity contribution in [1.82, 2.24) is 0 Å². The zero-order valence-electron chi connectivity index (χ0n) is 13.2. The molecule has 1 aromatic carbocycles. The van der Waals surface area contributed by atoms with Gasteiger partial charge in [-0.15, -0.1) is 0 Å². The molecule has 7 heteroatoms. The smallest absolute Gasteiger partial charge is 0.338 e. The van der Waals surface area contributed by atoms with Gasteiger partial charge in [0.25, 0.3) is 0 Å². The summed E-state index contributed by atoms with van der Waals surface area (Å²) in [5, 5.41) is 9.40.